The second-order valence-corrected chi connectivity index (χ2v) is 6.20. The molecular formula is C16H22N2O2. The lowest BCUT2D eigenvalue weighted by molar-refractivity contribution is 0.0696. The SMILES string of the molecule is Cc1cc(C(=O)O)cc(N2CCC3CCCCC3C2)n1. The van der Waals surface area contributed by atoms with Crippen molar-refractivity contribution in [3.05, 3.63) is 23.4 Å². The zero-order valence-corrected chi connectivity index (χ0v) is 12.0. The molecule has 2 aliphatic rings. The number of nitrogens with zero attached hydrogens (tertiary/aromatic N) is 2. The fraction of sp³-hybridized carbons (Fsp3) is 0.625. The molecule has 1 saturated carbocycles. The summed E-state index contributed by atoms with van der Waals surface area (Å²) >= 11 is 0. The highest BCUT2D eigenvalue weighted by Crippen LogP contribution is 2.37. The lowest BCUT2D eigenvalue weighted by atomic mass is 9.75. The molecule has 2 fully saturated rings. The largest absolute Gasteiger partial charge is 0.478 e. The van der Waals surface area contributed by atoms with Crippen LogP contribution in [-0.4, -0.2) is 29.1 Å². The van der Waals surface area contributed by atoms with E-state index in [4.69, 9.17) is 0 Å². The standard InChI is InChI=1S/C16H22N2O2/c1-11-8-14(16(19)20)9-15(17-11)18-7-6-12-4-2-3-5-13(12)10-18/h8-9,12-13H,2-7,10H2,1H3,(H,19,20). The molecular weight excluding hydrogens is 252 g/mol. The first-order valence-corrected chi connectivity index (χ1v) is 7.60. The van der Waals surface area contributed by atoms with Gasteiger partial charge in [-0.1, -0.05) is 19.3 Å². The maximum Gasteiger partial charge on any atom is 0.335 e. The van der Waals surface area contributed by atoms with Crippen LogP contribution in [0.4, 0.5) is 5.82 Å². The average Bonchev–Trinajstić information content (AvgIpc) is 2.46. The van der Waals surface area contributed by atoms with Gasteiger partial charge >= 0.3 is 5.97 Å². The lowest BCUT2D eigenvalue weighted by Crippen LogP contribution is -2.42. The number of fused-ring (bicyclic) bond motifs is 1. The number of carboxylic acid groups (broad SMARTS) is 1. The molecule has 1 aliphatic heterocycles. The Kier molecular flexibility index (Phi) is 3.64. The van der Waals surface area contributed by atoms with Crippen molar-refractivity contribution in [3.8, 4) is 0 Å². The predicted octanol–water partition coefficient (Wildman–Crippen LogP) is 3.10. The Bertz CT molecular complexity index is 515. The molecule has 1 aliphatic carbocycles. The first-order valence-electron chi connectivity index (χ1n) is 7.60. The zero-order valence-electron chi connectivity index (χ0n) is 12.0. The van der Waals surface area contributed by atoms with Crippen molar-refractivity contribution in [2.45, 2.75) is 39.0 Å². The van der Waals surface area contributed by atoms with Crippen LogP contribution in [0.15, 0.2) is 12.1 Å². The van der Waals surface area contributed by atoms with E-state index >= 15 is 0 Å². The van der Waals surface area contributed by atoms with E-state index in [1.165, 1.54) is 32.1 Å². The van der Waals surface area contributed by atoms with Gasteiger partial charge in [0.25, 0.3) is 0 Å². The summed E-state index contributed by atoms with van der Waals surface area (Å²) < 4.78 is 0. The molecule has 1 saturated heterocycles. The van der Waals surface area contributed by atoms with E-state index in [0.29, 0.717) is 5.56 Å². The smallest absolute Gasteiger partial charge is 0.335 e. The minimum absolute atomic E-state index is 0.346. The van der Waals surface area contributed by atoms with Gasteiger partial charge in [-0.2, -0.15) is 0 Å². The lowest BCUT2D eigenvalue weighted by Gasteiger charge is -2.41. The molecule has 2 unspecified atom stereocenters. The quantitative estimate of drug-likeness (QED) is 0.900. The highest BCUT2D eigenvalue weighted by molar-refractivity contribution is 5.88. The van der Waals surface area contributed by atoms with Gasteiger partial charge < -0.3 is 10.0 Å². The fourth-order valence-corrected chi connectivity index (χ4v) is 3.75. The third kappa shape index (κ3) is 2.65. The Hall–Kier alpha value is -1.58. The van der Waals surface area contributed by atoms with E-state index in [-0.39, 0.29) is 0 Å². The van der Waals surface area contributed by atoms with Gasteiger partial charge in [0.15, 0.2) is 0 Å². The number of rotatable bonds is 2. The third-order valence-electron chi connectivity index (χ3n) is 4.80. The molecule has 0 amide bonds. The zero-order chi connectivity index (χ0) is 14.1. The van der Waals surface area contributed by atoms with Crippen LogP contribution < -0.4 is 4.90 Å². The molecule has 2 atom stereocenters. The van der Waals surface area contributed by atoms with Crippen molar-refractivity contribution >= 4 is 11.8 Å². The fourth-order valence-electron chi connectivity index (χ4n) is 3.75. The van der Waals surface area contributed by atoms with Gasteiger partial charge in [-0.15, -0.1) is 0 Å². The van der Waals surface area contributed by atoms with Gasteiger partial charge in [-0.25, -0.2) is 9.78 Å². The van der Waals surface area contributed by atoms with Crippen molar-refractivity contribution in [2.75, 3.05) is 18.0 Å². The van der Waals surface area contributed by atoms with Crippen LogP contribution in [0.1, 0.15) is 48.2 Å². The number of hydrogen-bond acceptors (Lipinski definition) is 3. The molecule has 2 heterocycles. The van der Waals surface area contributed by atoms with E-state index < -0.39 is 5.97 Å². The Morgan fingerprint density at radius 2 is 2.00 bits per heavy atom. The van der Waals surface area contributed by atoms with Gasteiger partial charge in [-0.05, 0) is 43.7 Å². The molecule has 3 rings (SSSR count). The number of aromatic carboxylic acids is 1. The van der Waals surface area contributed by atoms with Gasteiger partial charge in [-0.3, -0.25) is 0 Å². The van der Waals surface area contributed by atoms with Crippen LogP contribution >= 0.6 is 0 Å². The van der Waals surface area contributed by atoms with Crippen LogP contribution in [0.2, 0.25) is 0 Å². The number of carbonyl (C=O) groups is 1. The van der Waals surface area contributed by atoms with E-state index in [1.54, 1.807) is 12.1 Å². The summed E-state index contributed by atoms with van der Waals surface area (Å²) in [7, 11) is 0. The molecule has 1 aromatic heterocycles. The topological polar surface area (TPSA) is 53.4 Å². The monoisotopic (exact) mass is 274 g/mol. The van der Waals surface area contributed by atoms with Crippen molar-refractivity contribution < 1.29 is 9.90 Å². The molecule has 4 heteroatoms. The summed E-state index contributed by atoms with van der Waals surface area (Å²) in [6.07, 6.45) is 6.64. The summed E-state index contributed by atoms with van der Waals surface area (Å²) in [5.41, 5.74) is 1.13. The highest BCUT2D eigenvalue weighted by Gasteiger charge is 2.31. The van der Waals surface area contributed by atoms with Crippen LogP contribution in [0.5, 0.6) is 0 Å². The van der Waals surface area contributed by atoms with Crippen molar-refractivity contribution in [1.29, 1.82) is 0 Å². The second-order valence-electron chi connectivity index (χ2n) is 6.20. The Balaban J connectivity index is 1.80. The highest BCUT2D eigenvalue weighted by atomic mass is 16.4. The van der Waals surface area contributed by atoms with Crippen LogP contribution in [0.3, 0.4) is 0 Å². The molecule has 4 nitrogen and oxygen atoms in total. The van der Waals surface area contributed by atoms with Crippen molar-refractivity contribution in [3.63, 3.8) is 0 Å². The van der Waals surface area contributed by atoms with Crippen molar-refractivity contribution in [2.24, 2.45) is 11.8 Å². The number of piperidine rings is 1. The number of aromatic nitrogens is 1. The molecule has 0 bridgehead atoms. The average molecular weight is 274 g/mol. The number of pyridine rings is 1. The molecule has 0 radical (unpaired) electrons. The minimum atomic E-state index is -0.871. The second kappa shape index (κ2) is 5.43. The summed E-state index contributed by atoms with van der Waals surface area (Å²) in [4.78, 5) is 18.0. The Labute approximate surface area is 119 Å². The first-order chi connectivity index (χ1) is 9.63. The van der Waals surface area contributed by atoms with E-state index in [2.05, 4.69) is 9.88 Å². The molecule has 1 aromatic rings. The minimum Gasteiger partial charge on any atom is -0.478 e. The summed E-state index contributed by atoms with van der Waals surface area (Å²) in [6, 6.07) is 3.36. The van der Waals surface area contributed by atoms with Gasteiger partial charge in [0.1, 0.15) is 5.82 Å². The summed E-state index contributed by atoms with van der Waals surface area (Å²) in [5, 5.41) is 9.17. The van der Waals surface area contributed by atoms with Gasteiger partial charge in [0.2, 0.25) is 0 Å². The van der Waals surface area contributed by atoms with Gasteiger partial charge in [0.05, 0.1) is 5.56 Å². The maximum absolute atomic E-state index is 11.2. The van der Waals surface area contributed by atoms with Crippen molar-refractivity contribution in [1.82, 2.24) is 4.98 Å². The molecule has 0 aromatic carbocycles. The van der Waals surface area contributed by atoms with Crippen LogP contribution in [0, 0.1) is 18.8 Å². The number of aryl methyl sites for hydroxylation is 1. The van der Waals surface area contributed by atoms with E-state index in [0.717, 1.165) is 36.4 Å². The first kappa shape index (κ1) is 13.4. The normalized spacial score (nSPS) is 26.1. The number of anilines is 1. The maximum atomic E-state index is 11.2. The Morgan fingerprint density at radius 3 is 2.75 bits per heavy atom. The molecule has 0 spiro atoms. The number of carboxylic acids is 1. The van der Waals surface area contributed by atoms with Crippen LogP contribution in [-0.2, 0) is 0 Å². The van der Waals surface area contributed by atoms with E-state index in [1.807, 2.05) is 6.92 Å². The number of hydrogen-bond donors (Lipinski definition) is 1. The molecule has 20 heavy (non-hydrogen) atoms. The predicted molar refractivity (Wildman–Crippen MR) is 78.2 cm³/mol. The van der Waals surface area contributed by atoms with Crippen LogP contribution in [0.25, 0.3) is 0 Å². The molecule has 108 valence electrons. The van der Waals surface area contributed by atoms with Gasteiger partial charge in [0, 0.05) is 18.8 Å². The summed E-state index contributed by atoms with van der Waals surface area (Å²) in [6.45, 7) is 3.92. The van der Waals surface area contributed by atoms with E-state index in [9.17, 15) is 9.90 Å². The summed E-state index contributed by atoms with van der Waals surface area (Å²) in [5.74, 6) is 1.62. The molecule has 1 N–H and O–H groups in total. The third-order valence-corrected chi connectivity index (χ3v) is 4.80. The Morgan fingerprint density at radius 1 is 1.25 bits per heavy atom.